The molecule has 0 saturated carbocycles. The minimum Gasteiger partial charge on any atom is -0.493 e. The van der Waals surface area contributed by atoms with Gasteiger partial charge in [-0.05, 0) is 63.1 Å². The van der Waals surface area contributed by atoms with E-state index in [9.17, 15) is 0 Å². The van der Waals surface area contributed by atoms with Crippen molar-refractivity contribution in [2.24, 2.45) is 0 Å². The van der Waals surface area contributed by atoms with Gasteiger partial charge in [0.2, 0.25) is 0 Å². The first kappa shape index (κ1) is 20.3. The van der Waals surface area contributed by atoms with Gasteiger partial charge in [-0.15, -0.1) is 0 Å². The number of nitrogens with zero attached hydrogens (tertiary/aromatic N) is 2. The zero-order valence-electron chi connectivity index (χ0n) is 18.2. The first-order valence-electron chi connectivity index (χ1n) is 11.3. The van der Waals surface area contributed by atoms with Crippen molar-refractivity contribution < 1.29 is 9.47 Å². The highest BCUT2D eigenvalue weighted by atomic mass is 16.5. The van der Waals surface area contributed by atoms with Gasteiger partial charge in [-0.25, -0.2) is 0 Å². The van der Waals surface area contributed by atoms with E-state index in [-0.39, 0.29) is 0 Å². The van der Waals surface area contributed by atoms with Crippen molar-refractivity contribution in [2.45, 2.75) is 64.3 Å². The molecule has 1 aromatic heterocycles. The van der Waals surface area contributed by atoms with E-state index in [0.29, 0.717) is 6.04 Å². The van der Waals surface area contributed by atoms with E-state index in [1.807, 2.05) is 6.07 Å². The van der Waals surface area contributed by atoms with Crippen LogP contribution < -0.4 is 14.8 Å². The minimum atomic E-state index is 0.522. The van der Waals surface area contributed by atoms with Crippen LogP contribution in [0.25, 0.3) is 10.9 Å². The molecule has 0 bridgehead atoms. The quantitative estimate of drug-likeness (QED) is 0.709. The summed E-state index contributed by atoms with van der Waals surface area (Å²) in [6, 6.07) is 4.67. The summed E-state index contributed by atoms with van der Waals surface area (Å²) in [4.78, 5) is 7.66. The van der Waals surface area contributed by atoms with Crippen molar-refractivity contribution in [3.8, 4) is 11.5 Å². The lowest BCUT2D eigenvalue weighted by Gasteiger charge is -2.33. The number of hydrogen-bond donors (Lipinski definition) is 1. The molecule has 2 heterocycles. The lowest BCUT2D eigenvalue weighted by atomic mass is 9.98. The van der Waals surface area contributed by atoms with Crippen molar-refractivity contribution in [1.29, 1.82) is 0 Å². The lowest BCUT2D eigenvalue weighted by molar-refractivity contribution is 0.219. The number of aromatic nitrogens is 1. The molecule has 0 unspecified atom stereocenters. The second-order valence-corrected chi connectivity index (χ2v) is 8.46. The van der Waals surface area contributed by atoms with Crippen molar-refractivity contribution in [2.75, 3.05) is 39.2 Å². The first-order valence-corrected chi connectivity index (χ1v) is 11.3. The van der Waals surface area contributed by atoms with Gasteiger partial charge in [-0.3, -0.25) is 4.98 Å². The second-order valence-electron chi connectivity index (χ2n) is 8.46. The molecule has 1 aliphatic heterocycles. The number of benzene rings is 1. The van der Waals surface area contributed by atoms with E-state index in [1.165, 1.54) is 80.5 Å². The van der Waals surface area contributed by atoms with E-state index in [2.05, 4.69) is 23.2 Å². The number of pyridine rings is 1. The van der Waals surface area contributed by atoms with Gasteiger partial charge >= 0.3 is 0 Å². The lowest BCUT2D eigenvalue weighted by Crippen LogP contribution is -2.39. The number of likely N-dealkylation sites (tertiary alicyclic amines) is 1. The number of aryl methyl sites for hydroxylation is 1. The molecule has 2 aliphatic rings. The molecule has 0 atom stereocenters. The Bertz CT molecular complexity index is 844. The molecule has 0 radical (unpaired) electrons. The van der Waals surface area contributed by atoms with E-state index in [1.54, 1.807) is 14.2 Å². The number of anilines is 1. The number of rotatable bonds is 6. The van der Waals surface area contributed by atoms with Gasteiger partial charge in [0.25, 0.3) is 0 Å². The monoisotopic (exact) mass is 397 g/mol. The van der Waals surface area contributed by atoms with Gasteiger partial charge < -0.3 is 19.7 Å². The molecule has 2 aromatic rings. The van der Waals surface area contributed by atoms with Gasteiger partial charge in [-0.2, -0.15) is 0 Å². The summed E-state index contributed by atoms with van der Waals surface area (Å²) in [5, 5.41) is 5.13. The van der Waals surface area contributed by atoms with Gasteiger partial charge in [0.15, 0.2) is 11.5 Å². The minimum absolute atomic E-state index is 0.522. The number of nitrogens with one attached hydrogen (secondary N) is 1. The summed E-state index contributed by atoms with van der Waals surface area (Å²) in [7, 11) is 3.40. The zero-order chi connectivity index (χ0) is 20.2. The van der Waals surface area contributed by atoms with Crippen molar-refractivity contribution in [3.63, 3.8) is 0 Å². The highest BCUT2D eigenvalue weighted by Crippen LogP contribution is 2.39. The van der Waals surface area contributed by atoms with Crippen LogP contribution in [0.2, 0.25) is 0 Å². The van der Waals surface area contributed by atoms with Crippen LogP contribution >= 0.6 is 0 Å². The van der Waals surface area contributed by atoms with Gasteiger partial charge in [-0.1, -0.05) is 13.3 Å². The molecule has 1 N–H and O–H groups in total. The number of fused-ring (bicyclic) bond motifs is 2. The standard InChI is InChI=1S/C24H35N3O2/c1-4-12-27-13-10-17(11-14-27)25-24-18-8-6-5-7-9-20(18)26-21-16-23(29-3)22(28-2)15-19(21)24/h15-17H,4-14H2,1-3H3,(H,25,26). The topological polar surface area (TPSA) is 46.6 Å². The Hall–Kier alpha value is -2.01. The number of hydrogen-bond acceptors (Lipinski definition) is 5. The Balaban J connectivity index is 1.72. The summed E-state index contributed by atoms with van der Waals surface area (Å²) < 4.78 is 11.2. The predicted octanol–water partition coefficient (Wildman–Crippen LogP) is 4.81. The van der Waals surface area contributed by atoms with Gasteiger partial charge in [0.1, 0.15) is 0 Å². The molecule has 158 valence electrons. The molecule has 1 aromatic carbocycles. The Morgan fingerprint density at radius 3 is 2.48 bits per heavy atom. The number of ether oxygens (including phenoxy) is 2. The summed E-state index contributed by atoms with van der Waals surface area (Å²) in [6.07, 6.45) is 9.59. The van der Waals surface area contributed by atoms with Crippen molar-refractivity contribution >= 4 is 16.6 Å². The van der Waals surface area contributed by atoms with Crippen LogP contribution in [0.1, 0.15) is 56.7 Å². The SMILES string of the molecule is CCCN1CCC(Nc2c3c(nc4cc(OC)c(OC)cc24)CCCCC3)CC1. The molecule has 5 heteroatoms. The van der Waals surface area contributed by atoms with E-state index >= 15 is 0 Å². The fourth-order valence-electron chi connectivity index (χ4n) is 4.91. The third-order valence-electron chi connectivity index (χ3n) is 6.49. The summed E-state index contributed by atoms with van der Waals surface area (Å²) in [5.74, 6) is 1.52. The van der Waals surface area contributed by atoms with Crippen LogP contribution in [-0.2, 0) is 12.8 Å². The number of piperidine rings is 1. The first-order chi connectivity index (χ1) is 14.2. The third kappa shape index (κ3) is 4.30. The molecular weight excluding hydrogens is 362 g/mol. The molecule has 0 amide bonds. The fourth-order valence-corrected chi connectivity index (χ4v) is 4.91. The average molecular weight is 398 g/mol. The average Bonchev–Trinajstić information content (AvgIpc) is 2.99. The smallest absolute Gasteiger partial charge is 0.162 e. The molecule has 1 saturated heterocycles. The normalized spacial score (nSPS) is 18.3. The summed E-state index contributed by atoms with van der Waals surface area (Å²) in [5.41, 5.74) is 5.00. The molecule has 1 fully saturated rings. The number of methoxy groups -OCH3 is 2. The summed E-state index contributed by atoms with van der Waals surface area (Å²) in [6.45, 7) is 5.86. The van der Waals surface area contributed by atoms with Gasteiger partial charge in [0, 0.05) is 42.0 Å². The van der Waals surface area contributed by atoms with Crippen LogP contribution in [-0.4, -0.2) is 49.8 Å². The molecule has 5 nitrogen and oxygen atoms in total. The maximum absolute atomic E-state index is 5.61. The molecule has 4 rings (SSSR count). The highest BCUT2D eigenvalue weighted by Gasteiger charge is 2.23. The van der Waals surface area contributed by atoms with E-state index in [4.69, 9.17) is 14.5 Å². The largest absolute Gasteiger partial charge is 0.493 e. The van der Waals surface area contributed by atoms with Crippen LogP contribution in [0, 0.1) is 0 Å². The molecular formula is C24H35N3O2. The zero-order valence-corrected chi connectivity index (χ0v) is 18.2. The Kier molecular flexibility index (Phi) is 6.43. The van der Waals surface area contributed by atoms with Crippen LogP contribution in [0.5, 0.6) is 11.5 Å². The van der Waals surface area contributed by atoms with Crippen LogP contribution in [0.15, 0.2) is 12.1 Å². The maximum atomic E-state index is 5.61. The maximum Gasteiger partial charge on any atom is 0.162 e. The van der Waals surface area contributed by atoms with Crippen molar-refractivity contribution in [1.82, 2.24) is 9.88 Å². The fraction of sp³-hybridized carbons (Fsp3) is 0.625. The Morgan fingerprint density at radius 2 is 1.76 bits per heavy atom. The van der Waals surface area contributed by atoms with Crippen molar-refractivity contribution in [3.05, 3.63) is 23.4 Å². The molecule has 0 spiro atoms. The van der Waals surface area contributed by atoms with Crippen LogP contribution in [0.3, 0.4) is 0 Å². The predicted molar refractivity (Wildman–Crippen MR) is 119 cm³/mol. The third-order valence-corrected chi connectivity index (χ3v) is 6.49. The highest BCUT2D eigenvalue weighted by molar-refractivity contribution is 5.96. The van der Waals surface area contributed by atoms with E-state index < -0.39 is 0 Å². The molecule has 1 aliphatic carbocycles. The summed E-state index contributed by atoms with van der Waals surface area (Å²) >= 11 is 0. The molecule has 29 heavy (non-hydrogen) atoms. The van der Waals surface area contributed by atoms with E-state index in [0.717, 1.165) is 29.9 Å². The second kappa shape index (κ2) is 9.21. The van der Waals surface area contributed by atoms with Gasteiger partial charge in [0.05, 0.1) is 19.7 Å². The Labute approximate surface area is 174 Å². The van der Waals surface area contributed by atoms with Crippen LogP contribution in [0.4, 0.5) is 5.69 Å². The Morgan fingerprint density at radius 1 is 1.03 bits per heavy atom.